The molecule has 0 saturated carbocycles. The van der Waals surface area contributed by atoms with Crippen molar-refractivity contribution in [3.8, 4) is 0 Å². The summed E-state index contributed by atoms with van der Waals surface area (Å²) in [6.07, 6.45) is -0.137. The van der Waals surface area contributed by atoms with Crippen molar-refractivity contribution in [3.63, 3.8) is 0 Å². The number of hydrogen-bond acceptors (Lipinski definition) is 3. The molecule has 2 atom stereocenters. The van der Waals surface area contributed by atoms with Crippen LogP contribution in [-0.2, 0) is 4.74 Å². The average molecular weight is 291 g/mol. The van der Waals surface area contributed by atoms with E-state index in [0.29, 0.717) is 13.1 Å². The largest absolute Gasteiger partial charge is 0.444 e. The number of ether oxygens (including phenoxy) is 1. The Bertz CT molecular complexity index is 490. The molecule has 4 heteroatoms. The first-order valence-electron chi connectivity index (χ1n) is 7.49. The van der Waals surface area contributed by atoms with Crippen LogP contribution >= 0.6 is 0 Å². The summed E-state index contributed by atoms with van der Waals surface area (Å²) in [5, 5.41) is 10.4. The Morgan fingerprint density at radius 3 is 2.43 bits per heavy atom. The quantitative estimate of drug-likeness (QED) is 0.865. The van der Waals surface area contributed by atoms with E-state index in [2.05, 4.69) is 24.3 Å². The molecule has 1 saturated heterocycles. The molecule has 1 aliphatic rings. The smallest absolute Gasteiger partial charge is 0.410 e. The maximum absolute atomic E-state index is 12.0. The minimum Gasteiger partial charge on any atom is -0.444 e. The first kappa shape index (κ1) is 15.8. The van der Waals surface area contributed by atoms with Gasteiger partial charge in [-0.05, 0) is 39.7 Å². The molecule has 1 amide bonds. The third kappa shape index (κ3) is 4.21. The molecule has 1 aromatic carbocycles. The molecule has 1 N–H and O–H groups in total. The van der Waals surface area contributed by atoms with Crippen molar-refractivity contribution in [1.29, 1.82) is 0 Å². The number of benzene rings is 1. The zero-order valence-electron chi connectivity index (χ0n) is 13.3. The number of aryl methyl sites for hydroxylation is 1. The van der Waals surface area contributed by atoms with Crippen molar-refractivity contribution in [2.24, 2.45) is 0 Å². The summed E-state index contributed by atoms with van der Waals surface area (Å²) in [7, 11) is 0. The van der Waals surface area contributed by atoms with E-state index in [1.807, 2.05) is 27.7 Å². The molecule has 0 spiro atoms. The normalized spacial score (nSPS) is 23.0. The third-order valence-corrected chi connectivity index (χ3v) is 3.74. The predicted octanol–water partition coefficient (Wildman–Crippen LogP) is 3.08. The lowest BCUT2D eigenvalue weighted by atomic mass is 9.87. The lowest BCUT2D eigenvalue weighted by Gasteiger charge is -2.36. The van der Waals surface area contributed by atoms with Crippen molar-refractivity contribution in [2.75, 3.05) is 13.1 Å². The van der Waals surface area contributed by atoms with E-state index >= 15 is 0 Å². The van der Waals surface area contributed by atoms with Crippen LogP contribution in [0.3, 0.4) is 0 Å². The van der Waals surface area contributed by atoms with Gasteiger partial charge in [-0.2, -0.15) is 0 Å². The van der Waals surface area contributed by atoms with Gasteiger partial charge in [-0.3, -0.25) is 0 Å². The van der Waals surface area contributed by atoms with Gasteiger partial charge in [-0.15, -0.1) is 0 Å². The van der Waals surface area contributed by atoms with Crippen LogP contribution in [0.4, 0.5) is 4.79 Å². The van der Waals surface area contributed by atoms with Gasteiger partial charge in [-0.25, -0.2) is 4.79 Å². The van der Waals surface area contributed by atoms with Crippen LogP contribution in [0.2, 0.25) is 0 Å². The number of hydrogen-bond donors (Lipinski definition) is 1. The number of nitrogens with zero attached hydrogens (tertiary/aromatic N) is 1. The fourth-order valence-electron chi connectivity index (χ4n) is 2.63. The zero-order chi connectivity index (χ0) is 15.6. The van der Waals surface area contributed by atoms with E-state index in [4.69, 9.17) is 4.74 Å². The Balaban J connectivity index is 1.99. The highest BCUT2D eigenvalue weighted by molar-refractivity contribution is 5.68. The molecule has 0 bridgehead atoms. The lowest BCUT2D eigenvalue weighted by molar-refractivity contribution is -0.00151. The predicted molar refractivity (Wildman–Crippen MR) is 82.4 cm³/mol. The SMILES string of the molecule is Cc1ccc([C@@H]2CCN(C(=O)OC(C)(C)C)C[C@H]2O)cc1. The molecule has 0 unspecified atom stereocenters. The van der Waals surface area contributed by atoms with Crippen LogP contribution in [0.15, 0.2) is 24.3 Å². The van der Waals surface area contributed by atoms with Crippen molar-refractivity contribution < 1.29 is 14.6 Å². The van der Waals surface area contributed by atoms with Gasteiger partial charge in [0.1, 0.15) is 5.60 Å². The highest BCUT2D eigenvalue weighted by atomic mass is 16.6. The van der Waals surface area contributed by atoms with Crippen molar-refractivity contribution in [2.45, 2.75) is 51.7 Å². The van der Waals surface area contributed by atoms with Gasteiger partial charge in [0, 0.05) is 12.5 Å². The van der Waals surface area contributed by atoms with E-state index in [-0.39, 0.29) is 12.0 Å². The van der Waals surface area contributed by atoms with Crippen LogP contribution in [0, 0.1) is 6.92 Å². The van der Waals surface area contributed by atoms with E-state index in [0.717, 1.165) is 12.0 Å². The van der Waals surface area contributed by atoms with Gasteiger partial charge in [0.15, 0.2) is 0 Å². The zero-order valence-corrected chi connectivity index (χ0v) is 13.3. The van der Waals surface area contributed by atoms with Crippen LogP contribution in [-0.4, -0.2) is 40.9 Å². The number of aliphatic hydroxyl groups is 1. The summed E-state index contributed by atoms with van der Waals surface area (Å²) in [4.78, 5) is 13.6. The fourth-order valence-corrected chi connectivity index (χ4v) is 2.63. The molecule has 4 nitrogen and oxygen atoms in total. The van der Waals surface area contributed by atoms with E-state index in [1.54, 1.807) is 4.90 Å². The molecule has 116 valence electrons. The molecule has 2 rings (SSSR count). The molecule has 0 aromatic heterocycles. The Kier molecular flexibility index (Phi) is 4.57. The number of rotatable bonds is 1. The van der Waals surface area contributed by atoms with Gasteiger partial charge in [0.25, 0.3) is 0 Å². The van der Waals surface area contributed by atoms with Crippen LogP contribution < -0.4 is 0 Å². The van der Waals surface area contributed by atoms with Crippen molar-refractivity contribution in [3.05, 3.63) is 35.4 Å². The highest BCUT2D eigenvalue weighted by Gasteiger charge is 2.33. The molecule has 1 fully saturated rings. The number of piperidine rings is 1. The summed E-state index contributed by atoms with van der Waals surface area (Å²) in [6, 6.07) is 8.24. The molecule has 21 heavy (non-hydrogen) atoms. The number of amides is 1. The summed E-state index contributed by atoms with van der Waals surface area (Å²) in [6.45, 7) is 8.53. The molecule has 1 aliphatic heterocycles. The van der Waals surface area contributed by atoms with Gasteiger partial charge in [-0.1, -0.05) is 29.8 Å². The molecule has 1 heterocycles. The Hall–Kier alpha value is -1.55. The second kappa shape index (κ2) is 6.06. The topological polar surface area (TPSA) is 49.8 Å². The van der Waals surface area contributed by atoms with E-state index < -0.39 is 11.7 Å². The molecular formula is C17H25NO3. The van der Waals surface area contributed by atoms with Gasteiger partial charge < -0.3 is 14.7 Å². The Morgan fingerprint density at radius 2 is 1.90 bits per heavy atom. The Morgan fingerprint density at radius 1 is 1.29 bits per heavy atom. The minimum absolute atomic E-state index is 0.0873. The first-order valence-corrected chi connectivity index (χ1v) is 7.49. The van der Waals surface area contributed by atoms with Crippen LogP contribution in [0.1, 0.15) is 44.2 Å². The second-order valence-electron chi connectivity index (χ2n) is 6.80. The summed E-state index contributed by atoms with van der Waals surface area (Å²) in [5.74, 6) is 0.0873. The monoisotopic (exact) mass is 291 g/mol. The summed E-state index contributed by atoms with van der Waals surface area (Å²) < 4.78 is 5.36. The van der Waals surface area contributed by atoms with Crippen LogP contribution in [0.5, 0.6) is 0 Å². The minimum atomic E-state index is -0.547. The maximum Gasteiger partial charge on any atom is 0.410 e. The third-order valence-electron chi connectivity index (χ3n) is 3.74. The molecular weight excluding hydrogens is 266 g/mol. The standard InChI is InChI=1S/C17H25NO3/c1-12-5-7-13(8-6-12)14-9-10-18(11-15(14)19)16(20)21-17(2,3)4/h5-8,14-15,19H,9-11H2,1-4H3/t14-,15+/m0/s1. The van der Waals surface area contributed by atoms with Crippen molar-refractivity contribution >= 4 is 6.09 Å². The fraction of sp³-hybridized carbons (Fsp3) is 0.588. The number of carbonyl (C=O) groups excluding carboxylic acids is 1. The van der Waals surface area contributed by atoms with E-state index in [1.165, 1.54) is 5.56 Å². The second-order valence-corrected chi connectivity index (χ2v) is 6.80. The van der Waals surface area contributed by atoms with Gasteiger partial charge in [0.05, 0.1) is 12.6 Å². The van der Waals surface area contributed by atoms with Gasteiger partial charge in [0.2, 0.25) is 0 Å². The lowest BCUT2D eigenvalue weighted by Crippen LogP contribution is -2.47. The Labute approximate surface area is 126 Å². The van der Waals surface area contributed by atoms with Crippen molar-refractivity contribution in [1.82, 2.24) is 4.90 Å². The summed E-state index contributed by atoms with van der Waals surface area (Å²) >= 11 is 0. The van der Waals surface area contributed by atoms with Gasteiger partial charge >= 0.3 is 6.09 Å². The molecule has 0 radical (unpaired) electrons. The molecule has 0 aliphatic carbocycles. The summed E-state index contributed by atoms with van der Waals surface area (Å²) in [5.41, 5.74) is 1.84. The van der Waals surface area contributed by atoms with Crippen LogP contribution in [0.25, 0.3) is 0 Å². The molecule has 1 aromatic rings. The highest BCUT2D eigenvalue weighted by Crippen LogP contribution is 2.29. The number of likely N-dealkylation sites (tertiary alicyclic amines) is 1. The number of β-amino-alcohol motifs (C(OH)–C–C–N with tert-alkyl or cyclic N) is 1. The first-order chi connectivity index (χ1) is 9.76. The maximum atomic E-state index is 12.0. The number of carbonyl (C=O) groups is 1. The van der Waals surface area contributed by atoms with E-state index in [9.17, 15) is 9.90 Å². The number of aliphatic hydroxyl groups excluding tert-OH is 1. The average Bonchev–Trinajstić information content (AvgIpc) is 2.38.